The van der Waals surface area contributed by atoms with Gasteiger partial charge in [0.1, 0.15) is 6.42 Å². The van der Waals surface area contributed by atoms with E-state index in [-0.39, 0.29) is 12.3 Å². The summed E-state index contributed by atoms with van der Waals surface area (Å²) in [5, 5.41) is 0. The first-order valence-electron chi connectivity index (χ1n) is 5.64. The molecule has 0 aromatic carbocycles. The van der Waals surface area contributed by atoms with Crippen LogP contribution in [0, 0.1) is 0 Å². The van der Waals surface area contributed by atoms with Crippen LogP contribution in [0.3, 0.4) is 0 Å². The highest BCUT2D eigenvalue weighted by molar-refractivity contribution is 5.94. The number of likely N-dealkylation sites (N-methyl/N-ethyl adjacent to an activating group) is 1. The van der Waals surface area contributed by atoms with Gasteiger partial charge in [0.05, 0.1) is 6.61 Å². The van der Waals surface area contributed by atoms with Crippen LogP contribution in [-0.2, 0) is 20.7 Å². The fourth-order valence-electron chi connectivity index (χ4n) is 1.41. The lowest BCUT2D eigenvalue weighted by atomic mass is 10.2. The van der Waals surface area contributed by atoms with Gasteiger partial charge in [-0.2, -0.15) is 0 Å². The van der Waals surface area contributed by atoms with E-state index in [1.165, 1.54) is 0 Å². The Morgan fingerprint density at radius 2 is 2.24 bits per heavy atom. The van der Waals surface area contributed by atoms with Gasteiger partial charge < -0.3 is 14.6 Å². The monoisotopic (exact) mass is 238 g/mol. The highest BCUT2D eigenvalue weighted by Gasteiger charge is 2.14. The van der Waals surface area contributed by atoms with Gasteiger partial charge in [0.2, 0.25) is 5.91 Å². The van der Waals surface area contributed by atoms with Crippen LogP contribution in [0.4, 0.5) is 0 Å². The highest BCUT2D eigenvalue weighted by atomic mass is 16.5. The molecule has 1 amide bonds. The number of rotatable bonds is 6. The largest absolute Gasteiger partial charge is 0.466 e. The van der Waals surface area contributed by atoms with Gasteiger partial charge in [-0.1, -0.05) is 0 Å². The first-order chi connectivity index (χ1) is 8.13. The summed E-state index contributed by atoms with van der Waals surface area (Å²) in [5.41, 5.74) is 1.14. The van der Waals surface area contributed by atoms with E-state index >= 15 is 0 Å². The molecule has 0 bridgehead atoms. The second-order valence-electron chi connectivity index (χ2n) is 3.77. The molecule has 94 valence electrons. The molecule has 5 nitrogen and oxygen atoms in total. The van der Waals surface area contributed by atoms with Crippen LogP contribution in [0.1, 0.15) is 18.9 Å². The van der Waals surface area contributed by atoms with E-state index in [4.69, 9.17) is 4.74 Å². The fraction of sp³-hybridized carbons (Fsp3) is 0.500. The van der Waals surface area contributed by atoms with Gasteiger partial charge in [-0.15, -0.1) is 0 Å². The number of carbonyl (C=O) groups excluding carboxylic acids is 2. The summed E-state index contributed by atoms with van der Waals surface area (Å²) in [6.07, 6.45) is 4.32. The standard InChI is InChI=1S/C12H18N2O3/c1-3-17-12(16)8-11(15)14(2)7-5-10-4-6-13-9-10/h4,6,9,13H,3,5,7-8H2,1-2H3. The molecule has 5 heteroatoms. The smallest absolute Gasteiger partial charge is 0.315 e. The van der Waals surface area contributed by atoms with Gasteiger partial charge >= 0.3 is 5.97 Å². The third-order valence-corrected chi connectivity index (χ3v) is 2.42. The number of carbonyl (C=O) groups is 2. The maximum atomic E-state index is 11.6. The van der Waals surface area contributed by atoms with Crippen LogP contribution in [-0.4, -0.2) is 42.0 Å². The Bertz CT molecular complexity index is 360. The molecular weight excluding hydrogens is 220 g/mol. The number of amides is 1. The molecule has 1 rings (SSSR count). The van der Waals surface area contributed by atoms with Crippen molar-refractivity contribution < 1.29 is 14.3 Å². The van der Waals surface area contributed by atoms with E-state index in [1.807, 2.05) is 18.5 Å². The summed E-state index contributed by atoms with van der Waals surface area (Å²) in [6, 6.07) is 1.96. The van der Waals surface area contributed by atoms with Crippen LogP contribution in [0.25, 0.3) is 0 Å². The molecule has 0 saturated carbocycles. The van der Waals surface area contributed by atoms with Gasteiger partial charge in [-0.05, 0) is 25.0 Å². The second kappa shape index (κ2) is 6.73. The maximum absolute atomic E-state index is 11.6. The van der Waals surface area contributed by atoms with Gasteiger partial charge in [-0.25, -0.2) is 0 Å². The zero-order valence-electron chi connectivity index (χ0n) is 10.2. The molecule has 0 unspecified atom stereocenters. The van der Waals surface area contributed by atoms with E-state index in [9.17, 15) is 9.59 Å². The van der Waals surface area contributed by atoms with Crippen molar-refractivity contribution in [3.05, 3.63) is 24.0 Å². The number of H-pyrrole nitrogens is 1. The minimum Gasteiger partial charge on any atom is -0.466 e. The van der Waals surface area contributed by atoms with Crippen molar-refractivity contribution in [2.75, 3.05) is 20.2 Å². The summed E-state index contributed by atoms with van der Waals surface area (Å²) in [6.45, 7) is 2.62. The number of esters is 1. The third-order valence-electron chi connectivity index (χ3n) is 2.42. The molecule has 1 aromatic rings. The molecular formula is C12H18N2O3. The lowest BCUT2D eigenvalue weighted by Gasteiger charge is -2.16. The molecule has 1 aromatic heterocycles. The predicted molar refractivity (Wildman–Crippen MR) is 63.4 cm³/mol. The Labute approximate surface area is 101 Å². The van der Waals surface area contributed by atoms with E-state index in [1.54, 1.807) is 18.9 Å². The molecule has 1 heterocycles. The molecule has 0 aliphatic carbocycles. The molecule has 0 saturated heterocycles. The Hall–Kier alpha value is -1.78. The van der Waals surface area contributed by atoms with Crippen molar-refractivity contribution >= 4 is 11.9 Å². The van der Waals surface area contributed by atoms with Crippen molar-refractivity contribution in [2.45, 2.75) is 19.8 Å². The predicted octanol–water partition coefficient (Wildman–Crippen LogP) is 0.969. The second-order valence-corrected chi connectivity index (χ2v) is 3.77. The van der Waals surface area contributed by atoms with Crippen molar-refractivity contribution in [1.82, 2.24) is 9.88 Å². The van der Waals surface area contributed by atoms with Crippen molar-refractivity contribution in [3.63, 3.8) is 0 Å². The molecule has 0 aliphatic rings. The Balaban J connectivity index is 2.29. The summed E-state index contributed by atoms with van der Waals surface area (Å²) in [4.78, 5) is 27.2. The van der Waals surface area contributed by atoms with Crippen molar-refractivity contribution in [1.29, 1.82) is 0 Å². The third kappa shape index (κ3) is 4.72. The van der Waals surface area contributed by atoms with Crippen LogP contribution in [0.15, 0.2) is 18.5 Å². The molecule has 17 heavy (non-hydrogen) atoms. The molecule has 1 N–H and O–H groups in total. The van der Waals surface area contributed by atoms with Crippen molar-refractivity contribution in [3.8, 4) is 0 Å². The number of nitrogens with zero attached hydrogens (tertiary/aromatic N) is 1. The van der Waals surface area contributed by atoms with Crippen LogP contribution >= 0.6 is 0 Å². The van der Waals surface area contributed by atoms with Crippen LogP contribution in [0.5, 0.6) is 0 Å². The number of hydrogen-bond acceptors (Lipinski definition) is 3. The summed E-state index contributed by atoms with van der Waals surface area (Å²) >= 11 is 0. The molecule has 0 aliphatic heterocycles. The number of nitrogens with one attached hydrogen (secondary N) is 1. The molecule has 0 atom stereocenters. The summed E-state index contributed by atoms with van der Waals surface area (Å²) in [7, 11) is 1.69. The first-order valence-corrected chi connectivity index (χ1v) is 5.64. The number of aromatic amines is 1. The van der Waals surface area contributed by atoms with E-state index < -0.39 is 5.97 Å². The van der Waals surface area contributed by atoms with Crippen molar-refractivity contribution in [2.24, 2.45) is 0 Å². The fourth-order valence-corrected chi connectivity index (χ4v) is 1.41. The average molecular weight is 238 g/mol. The van der Waals surface area contributed by atoms with Gasteiger partial charge in [0.15, 0.2) is 0 Å². The Morgan fingerprint density at radius 1 is 1.47 bits per heavy atom. The van der Waals surface area contributed by atoms with E-state index in [2.05, 4.69) is 4.98 Å². The number of hydrogen-bond donors (Lipinski definition) is 1. The highest BCUT2D eigenvalue weighted by Crippen LogP contribution is 2.01. The molecule has 0 radical (unpaired) electrons. The number of ether oxygens (including phenoxy) is 1. The SMILES string of the molecule is CCOC(=O)CC(=O)N(C)CCc1cc[nH]c1. The quantitative estimate of drug-likeness (QED) is 0.593. The average Bonchev–Trinajstić information content (AvgIpc) is 2.78. The zero-order chi connectivity index (χ0) is 12.7. The normalized spacial score (nSPS) is 10.0. The van der Waals surface area contributed by atoms with Gasteiger partial charge in [0.25, 0.3) is 0 Å². The van der Waals surface area contributed by atoms with Crippen LogP contribution in [0.2, 0.25) is 0 Å². The number of aromatic nitrogens is 1. The Kier molecular flexibility index (Phi) is 5.26. The van der Waals surface area contributed by atoms with E-state index in [0.29, 0.717) is 13.2 Å². The lowest BCUT2D eigenvalue weighted by Crippen LogP contribution is -2.30. The van der Waals surface area contributed by atoms with Gasteiger partial charge in [-0.3, -0.25) is 9.59 Å². The molecule has 0 spiro atoms. The van der Waals surface area contributed by atoms with E-state index in [0.717, 1.165) is 12.0 Å². The minimum atomic E-state index is -0.467. The minimum absolute atomic E-state index is 0.183. The summed E-state index contributed by atoms with van der Waals surface area (Å²) < 4.78 is 4.72. The maximum Gasteiger partial charge on any atom is 0.315 e. The van der Waals surface area contributed by atoms with Crippen LogP contribution < -0.4 is 0 Å². The first kappa shape index (κ1) is 13.3. The topological polar surface area (TPSA) is 62.4 Å². The lowest BCUT2D eigenvalue weighted by molar-refractivity contribution is -0.148. The summed E-state index contributed by atoms with van der Waals surface area (Å²) in [5.74, 6) is -0.676. The van der Waals surface area contributed by atoms with Gasteiger partial charge in [0, 0.05) is 26.0 Å². The molecule has 0 fully saturated rings. The zero-order valence-corrected chi connectivity index (χ0v) is 10.2. The Morgan fingerprint density at radius 3 is 2.82 bits per heavy atom.